The quantitative estimate of drug-likeness (QED) is 0.602. The molecule has 7 heteroatoms. The van der Waals surface area contributed by atoms with Crippen LogP contribution in [0.5, 0.6) is 0 Å². The first-order valence-corrected chi connectivity index (χ1v) is 6.87. The average Bonchev–Trinajstić information content (AvgIpc) is 3.24. The topological polar surface area (TPSA) is 84.3 Å². The molecule has 0 saturated heterocycles. The third-order valence-electron chi connectivity index (χ3n) is 3.37. The summed E-state index contributed by atoms with van der Waals surface area (Å²) in [6.07, 6.45) is 6.75. The maximum Gasteiger partial charge on any atom is 0.160 e. The molecule has 0 unspecified atom stereocenters. The smallest absolute Gasteiger partial charge is 0.160 e. The van der Waals surface area contributed by atoms with Crippen LogP contribution in [0, 0.1) is 0 Å². The van der Waals surface area contributed by atoms with Gasteiger partial charge in [-0.15, -0.1) is 0 Å². The zero-order chi connectivity index (χ0) is 14.8. The van der Waals surface area contributed by atoms with E-state index in [-0.39, 0.29) is 0 Å². The molecule has 0 aliphatic heterocycles. The SMILES string of the molecule is c1cnc(-n2cncn2)c(CNc2ccc3cc[nH]c3n2)c1. The molecule has 0 fully saturated rings. The molecule has 22 heavy (non-hydrogen) atoms. The second kappa shape index (κ2) is 5.28. The van der Waals surface area contributed by atoms with E-state index in [1.165, 1.54) is 6.33 Å². The van der Waals surface area contributed by atoms with E-state index in [9.17, 15) is 0 Å². The van der Waals surface area contributed by atoms with Crippen molar-refractivity contribution in [3.05, 3.63) is 60.9 Å². The lowest BCUT2D eigenvalue weighted by Crippen LogP contribution is -2.08. The number of nitrogens with one attached hydrogen (secondary N) is 2. The van der Waals surface area contributed by atoms with Gasteiger partial charge in [-0.2, -0.15) is 5.10 Å². The lowest BCUT2D eigenvalue weighted by atomic mass is 10.2. The first-order valence-electron chi connectivity index (χ1n) is 6.87. The fourth-order valence-corrected chi connectivity index (χ4v) is 2.31. The number of pyridine rings is 2. The zero-order valence-corrected chi connectivity index (χ0v) is 11.6. The van der Waals surface area contributed by atoms with Crippen molar-refractivity contribution >= 4 is 16.9 Å². The molecule has 0 amide bonds. The fourth-order valence-electron chi connectivity index (χ4n) is 2.31. The summed E-state index contributed by atoms with van der Waals surface area (Å²) in [6, 6.07) is 9.89. The van der Waals surface area contributed by atoms with E-state index in [0.717, 1.165) is 28.2 Å². The zero-order valence-electron chi connectivity index (χ0n) is 11.6. The molecule has 0 aliphatic rings. The van der Waals surface area contributed by atoms with Crippen LogP contribution in [0.1, 0.15) is 5.56 Å². The highest BCUT2D eigenvalue weighted by Gasteiger charge is 2.07. The van der Waals surface area contributed by atoms with E-state index < -0.39 is 0 Å². The molecule has 2 N–H and O–H groups in total. The second-order valence-electron chi connectivity index (χ2n) is 4.79. The van der Waals surface area contributed by atoms with Gasteiger partial charge in [0.2, 0.25) is 0 Å². The molecule has 7 nitrogen and oxygen atoms in total. The number of hydrogen-bond donors (Lipinski definition) is 2. The van der Waals surface area contributed by atoms with Crippen LogP contribution in [0.2, 0.25) is 0 Å². The van der Waals surface area contributed by atoms with E-state index in [0.29, 0.717) is 6.54 Å². The molecule has 0 bridgehead atoms. The van der Waals surface area contributed by atoms with Crippen LogP contribution in [-0.2, 0) is 6.54 Å². The van der Waals surface area contributed by atoms with Crippen LogP contribution >= 0.6 is 0 Å². The summed E-state index contributed by atoms with van der Waals surface area (Å²) >= 11 is 0. The van der Waals surface area contributed by atoms with E-state index in [4.69, 9.17) is 0 Å². The minimum absolute atomic E-state index is 0.599. The van der Waals surface area contributed by atoms with Crippen molar-refractivity contribution in [1.82, 2.24) is 29.7 Å². The van der Waals surface area contributed by atoms with E-state index in [1.807, 2.05) is 36.5 Å². The van der Waals surface area contributed by atoms with Crippen LogP contribution in [-0.4, -0.2) is 29.7 Å². The maximum absolute atomic E-state index is 4.52. The van der Waals surface area contributed by atoms with Crippen molar-refractivity contribution in [3.8, 4) is 5.82 Å². The highest BCUT2D eigenvalue weighted by molar-refractivity contribution is 5.77. The first kappa shape index (κ1) is 12.5. The Kier molecular flexibility index (Phi) is 3.01. The second-order valence-corrected chi connectivity index (χ2v) is 4.79. The Hall–Kier alpha value is -3.22. The Bertz CT molecular complexity index is 895. The summed E-state index contributed by atoms with van der Waals surface area (Å²) in [4.78, 5) is 16.0. The predicted octanol–water partition coefficient (Wildman–Crippen LogP) is 2.15. The van der Waals surface area contributed by atoms with Crippen LogP contribution in [0.3, 0.4) is 0 Å². The molecule has 0 atom stereocenters. The van der Waals surface area contributed by atoms with Crippen LogP contribution < -0.4 is 5.32 Å². The van der Waals surface area contributed by atoms with Gasteiger partial charge in [-0.3, -0.25) is 0 Å². The number of aromatic nitrogens is 6. The molecule has 0 aromatic carbocycles. The van der Waals surface area contributed by atoms with Crippen LogP contribution in [0.4, 0.5) is 5.82 Å². The Morgan fingerprint density at radius 2 is 2.18 bits per heavy atom. The number of aromatic amines is 1. The number of nitrogens with zero attached hydrogens (tertiary/aromatic N) is 5. The molecule has 0 saturated carbocycles. The molecule has 0 spiro atoms. The van der Waals surface area contributed by atoms with Gasteiger partial charge in [0.25, 0.3) is 0 Å². The molecule has 4 aromatic heterocycles. The maximum atomic E-state index is 4.52. The summed E-state index contributed by atoms with van der Waals surface area (Å²) in [6.45, 7) is 0.599. The fraction of sp³-hybridized carbons (Fsp3) is 0.0667. The number of rotatable bonds is 4. The van der Waals surface area contributed by atoms with Gasteiger partial charge in [0.05, 0.1) is 0 Å². The molecule has 4 aromatic rings. The van der Waals surface area contributed by atoms with Crippen molar-refractivity contribution < 1.29 is 0 Å². The van der Waals surface area contributed by atoms with Gasteiger partial charge >= 0.3 is 0 Å². The first-order chi connectivity index (χ1) is 10.9. The standard InChI is InChI=1S/C15H13N7/c1-2-12(15(18-6-1)22-10-16-9-20-22)8-19-13-4-3-11-5-7-17-14(11)21-13/h1-7,9-10H,8H2,(H2,17,19,21). The number of hydrogen-bond acceptors (Lipinski definition) is 5. The Labute approximate surface area is 126 Å². The molecule has 108 valence electrons. The van der Waals surface area contributed by atoms with Gasteiger partial charge in [0.1, 0.15) is 24.1 Å². The summed E-state index contributed by atoms with van der Waals surface area (Å²) < 4.78 is 1.65. The average molecular weight is 291 g/mol. The Morgan fingerprint density at radius 1 is 1.18 bits per heavy atom. The van der Waals surface area contributed by atoms with Crippen LogP contribution in [0.25, 0.3) is 16.9 Å². The van der Waals surface area contributed by atoms with Gasteiger partial charge in [0.15, 0.2) is 5.82 Å². The summed E-state index contributed by atoms with van der Waals surface area (Å²) in [5.41, 5.74) is 1.88. The predicted molar refractivity (Wildman–Crippen MR) is 82.6 cm³/mol. The molecular formula is C15H13N7. The highest BCUT2D eigenvalue weighted by atomic mass is 15.3. The number of anilines is 1. The van der Waals surface area contributed by atoms with Gasteiger partial charge < -0.3 is 10.3 Å². The lowest BCUT2D eigenvalue weighted by molar-refractivity contribution is 0.827. The van der Waals surface area contributed by atoms with Crippen molar-refractivity contribution in [2.24, 2.45) is 0 Å². The molecular weight excluding hydrogens is 278 g/mol. The molecule has 0 radical (unpaired) electrons. The number of H-pyrrole nitrogens is 1. The highest BCUT2D eigenvalue weighted by Crippen LogP contribution is 2.15. The van der Waals surface area contributed by atoms with Gasteiger partial charge in [-0.05, 0) is 24.3 Å². The molecule has 4 heterocycles. The Morgan fingerprint density at radius 3 is 3.09 bits per heavy atom. The van der Waals surface area contributed by atoms with Crippen molar-refractivity contribution in [2.75, 3.05) is 5.32 Å². The van der Waals surface area contributed by atoms with E-state index in [1.54, 1.807) is 17.2 Å². The van der Waals surface area contributed by atoms with E-state index in [2.05, 4.69) is 30.4 Å². The molecule has 0 aliphatic carbocycles. The summed E-state index contributed by atoms with van der Waals surface area (Å²) in [5, 5.41) is 8.54. The lowest BCUT2D eigenvalue weighted by Gasteiger charge is -2.09. The van der Waals surface area contributed by atoms with E-state index >= 15 is 0 Å². The summed E-state index contributed by atoms with van der Waals surface area (Å²) in [5.74, 6) is 1.57. The largest absolute Gasteiger partial charge is 0.366 e. The van der Waals surface area contributed by atoms with Crippen LogP contribution in [0.15, 0.2) is 55.4 Å². The normalized spacial score (nSPS) is 10.9. The minimum Gasteiger partial charge on any atom is -0.366 e. The van der Waals surface area contributed by atoms with Gasteiger partial charge in [0, 0.05) is 29.9 Å². The third kappa shape index (κ3) is 2.28. The number of fused-ring (bicyclic) bond motifs is 1. The van der Waals surface area contributed by atoms with Crippen molar-refractivity contribution in [2.45, 2.75) is 6.54 Å². The van der Waals surface area contributed by atoms with Gasteiger partial charge in [-0.25, -0.2) is 19.6 Å². The Balaban J connectivity index is 1.59. The summed E-state index contributed by atoms with van der Waals surface area (Å²) in [7, 11) is 0. The third-order valence-corrected chi connectivity index (χ3v) is 3.37. The van der Waals surface area contributed by atoms with Gasteiger partial charge in [-0.1, -0.05) is 6.07 Å². The monoisotopic (exact) mass is 291 g/mol. The van der Waals surface area contributed by atoms with Crippen molar-refractivity contribution in [3.63, 3.8) is 0 Å². The minimum atomic E-state index is 0.599. The molecule has 4 rings (SSSR count). The van der Waals surface area contributed by atoms with Crippen molar-refractivity contribution in [1.29, 1.82) is 0 Å².